The van der Waals surface area contributed by atoms with Crippen LogP contribution in [0, 0.1) is 0 Å². The van der Waals surface area contributed by atoms with Crippen molar-refractivity contribution in [3.8, 4) is 0 Å². The highest BCUT2D eigenvalue weighted by Gasteiger charge is 2.17. The number of carbonyl (C=O) groups is 1. The highest BCUT2D eigenvalue weighted by molar-refractivity contribution is 5.76. The van der Waals surface area contributed by atoms with Gasteiger partial charge < -0.3 is 15.5 Å². The maximum absolute atomic E-state index is 12.4. The standard InChI is InChI=1S/C55H97NO3/c1-3-5-7-9-11-13-15-17-19-21-23-25-26-27-28-29-31-32-34-36-38-40-42-44-46-48-50-54(58)53(52-57)56-55(59)51-49-47-45-43-41-39-37-35-33-30-24-22-20-18-16-14-12-10-8-6-4-2/h6,8,12,14,18,20,24,30,35,37,40,42,48,50,53-54,57-58H,3-5,7,9-11,13,15-17,19,21-23,25-29,31-34,36,38-39,41,43-47,49,51-52H2,1-2H3,(H,56,59)/b8-6-,14-12-,20-18-,30-24-,37-35-,42-40+,50-48+. The first-order valence-corrected chi connectivity index (χ1v) is 25.3. The van der Waals surface area contributed by atoms with Crippen molar-refractivity contribution in [2.75, 3.05) is 6.61 Å². The Kier molecular flexibility index (Phi) is 47.9. The third-order valence-electron chi connectivity index (χ3n) is 11.1. The maximum atomic E-state index is 12.4. The van der Waals surface area contributed by atoms with Crippen LogP contribution in [-0.2, 0) is 4.79 Å². The molecule has 2 atom stereocenters. The van der Waals surface area contributed by atoms with Gasteiger partial charge in [-0.15, -0.1) is 0 Å². The van der Waals surface area contributed by atoms with E-state index in [1.54, 1.807) is 6.08 Å². The number of aliphatic hydroxyl groups is 2. The van der Waals surface area contributed by atoms with E-state index < -0.39 is 12.1 Å². The predicted octanol–water partition coefficient (Wildman–Crippen LogP) is 16.4. The molecule has 0 aliphatic heterocycles. The van der Waals surface area contributed by atoms with Gasteiger partial charge >= 0.3 is 0 Å². The molecule has 4 heteroatoms. The molecular formula is C55H97NO3. The van der Waals surface area contributed by atoms with Gasteiger partial charge in [0.2, 0.25) is 5.91 Å². The Morgan fingerprint density at radius 1 is 0.424 bits per heavy atom. The first-order chi connectivity index (χ1) is 29.2. The number of nitrogens with one attached hydrogen (secondary N) is 1. The van der Waals surface area contributed by atoms with Gasteiger partial charge in [-0.3, -0.25) is 4.79 Å². The van der Waals surface area contributed by atoms with E-state index in [1.165, 1.54) is 141 Å². The van der Waals surface area contributed by atoms with Crippen LogP contribution >= 0.6 is 0 Å². The zero-order chi connectivity index (χ0) is 42.8. The number of hydrogen-bond donors (Lipinski definition) is 3. The fraction of sp³-hybridized carbons (Fsp3) is 0.727. The van der Waals surface area contributed by atoms with E-state index in [4.69, 9.17) is 0 Å². The molecule has 0 rings (SSSR count). The molecule has 59 heavy (non-hydrogen) atoms. The number of carbonyl (C=O) groups excluding carboxylic acids is 1. The lowest BCUT2D eigenvalue weighted by atomic mass is 10.0. The van der Waals surface area contributed by atoms with Gasteiger partial charge in [-0.05, 0) is 77.0 Å². The molecule has 0 aromatic carbocycles. The van der Waals surface area contributed by atoms with Crippen molar-refractivity contribution >= 4 is 5.91 Å². The molecule has 2 unspecified atom stereocenters. The van der Waals surface area contributed by atoms with Crippen LogP contribution in [-0.4, -0.2) is 34.9 Å². The summed E-state index contributed by atoms with van der Waals surface area (Å²) in [5.74, 6) is -0.0942. The summed E-state index contributed by atoms with van der Waals surface area (Å²) in [7, 11) is 0. The van der Waals surface area contributed by atoms with Crippen LogP contribution in [0.15, 0.2) is 85.1 Å². The topological polar surface area (TPSA) is 69.6 Å². The van der Waals surface area contributed by atoms with Crippen molar-refractivity contribution in [2.24, 2.45) is 0 Å². The lowest BCUT2D eigenvalue weighted by Crippen LogP contribution is -2.45. The van der Waals surface area contributed by atoms with Crippen LogP contribution in [0.1, 0.15) is 239 Å². The number of allylic oxidation sites excluding steroid dienone is 13. The summed E-state index contributed by atoms with van der Waals surface area (Å²) in [5.41, 5.74) is 0. The van der Waals surface area contributed by atoms with Gasteiger partial charge in [0.1, 0.15) is 0 Å². The van der Waals surface area contributed by atoms with E-state index in [1.807, 2.05) is 6.08 Å². The normalized spacial score (nSPS) is 13.6. The van der Waals surface area contributed by atoms with Crippen molar-refractivity contribution in [1.29, 1.82) is 0 Å². The Labute approximate surface area is 367 Å². The number of rotatable bonds is 45. The lowest BCUT2D eigenvalue weighted by molar-refractivity contribution is -0.123. The first kappa shape index (κ1) is 56.6. The van der Waals surface area contributed by atoms with Gasteiger partial charge in [-0.2, -0.15) is 0 Å². The van der Waals surface area contributed by atoms with Crippen molar-refractivity contribution in [2.45, 2.75) is 251 Å². The van der Waals surface area contributed by atoms with Gasteiger partial charge in [0.15, 0.2) is 0 Å². The van der Waals surface area contributed by atoms with Crippen LogP contribution in [0.25, 0.3) is 0 Å². The quantitative estimate of drug-likeness (QED) is 0.0423. The summed E-state index contributed by atoms with van der Waals surface area (Å²) in [6.07, 6.45) is 72.9. The molecule has 0 bridgehead atoms. The van der Waals surface area contributed by atoms with Gasteiger partial charge in [-0.25, -0.2) is 0 Å². The Morgan fingerprint density at radius 2 is 0.763 bits per heavy atom. The lowest BCUT2D eigenvalue weighted by Gasteiger charge is -2.19. The molecule has 0 aromatic rings. The second-order valence-electron chi connectivity index (χ2n) is 16.8. The highest BCUT2D eigenvalue weighted by atomic mass is 16.3. The van der Waals surface area contributed by atoms with Crippen LogP contribution < -0.4 is 5.32 Å². The summed E-state index contributed by atoms with van der Waals surface area (Å²) >= 11 is 0. The van der Waals surface area contributed by atoms with Crippen LogP contribution in [0.3, 0.4) is 0 Å². The number of unbranched alkanes of at least 4 members (excludes halogenated alkanes) is 26. The fourth-order valence-corrected chi connectivity index (χ4v) is 7.28. The molecule has 0 saturated carbocycles. The zero-order valence-electron chi connectivity index (χ0n) is 39.0. The molecular weight excluding hydrogens is 723 g/mol. The molecule has 0 radical (unpaired) electrons. The molecule has 1 amide bonds. The van der Waals surface area contributed by atoms with Crippen LogP contribution in [0.5, 0.6) is 0 Å². The zero-order valence-corrected chi connectivity index (χ0v) is 39.0. The van der Waals surface area contributed by atoms with E-state index in [-0.39, 0.29) is 12.5 Å². The Balaban J connectivity index is 3.63. The molecule has 3 N–H and O–H groups in total. The van der Waals surface area contributed by atoms with Gasteiger partial charge in [0, 0.05) is 6.42 Å². The third-order valence-corrected chi connectivity index (χ3v) is 11.1. The largest absolute Gasteiger partial charge is 0.394 e. The highest BCUT2D eigenvalue weighted by Crippen LogP contribution is 2.15. The monoisotopic (exact) mass is 820 g/mol. The second-order valence-corrected chi connectivity index (χ2v) is 16.8. The molecule has 0 fully saturated rings. The van der Waals surface area contributed by atoms with Crippen molar-refractivity contribution in [1.82, 2.24) is 5.32 Å². The SMILES string of the molecule is CC/C=C\C/C=C\C/C=C\C/C=C\C/C=C\CCCCCCCC(=O)NC(CO)C(O)/C=C/CC/C=C/CCCCCCCCCCCCCCCCCCCCCC. The molecule has 0 saturated heterocycles. The minimum Gasteiger partial charge on any atom is -0.394 e. The first-order valence-electron chi connectivity index (χ1n) is 25.3. The minimum absolute atomic E-state index is 0.0942. The molecule has 0 heterocycles. The molecule has 0 aromatic heterocycles. The number of aliphatic hydroxyl groups excluding tert-OH is 2. The fourth-order valence-electron chi connectivity index (χ4n) is 7.28. The number of amides is 1. The van der Waals surface area contributed by atoms with Crippen molar-refractivity contribution in [3.63, 3.8) is 0 Å². The molecule has 0 aliphatic carbocycles. The van der Waals surface area contributed by atoms with Gasteiger partial charge in [0.25, 0.3) is 0 Å². The summed E-state index contributed by atoms with van der Waals surface area (Å²) in [6.45, 7) is 4.18. The summed E-state index contributed by atoms with van der Waals surface area (Å²) in [5, 5.41) is 23.1. The second kappa shape index (κ2) is 49.9. The summed E-state index contributed by atoms with van der Waals surface area (Å²) in [6, 6.07) is -0.656. The molecule has 340 valence electrons. The Hall–Kier alpha value is -2.43. The van der Waals surface area contributed by atoms with E-state index in [9.17, 15) is 15.0 Å². The van der Waals surface area contributed by atoms with Gasteiger partial charge in [-0.1, -0.05) is 240 Å². The van der Waals surface area contributed by atoms with E-state index in [0.29, 0.717) is 6.42 Å². The van der Waals surface area contributed by atoms with Crippen LogP contribution in [0.4, 0.5) is 0 Å². The average molecular weight is 820 g/mol. The Morgan fingerprint density at radius 3 is 1.19 bits per heavy atom. The maximum Gasteiger partial charge on any atom is 0.220 e. The third kappa shape index (κ3) is 46.5. The molecule has 0 spiro atoms. The number of hydrogen-bond acceptors (Lipinski definition) is 3. The smallest absolute Gasteiger partial charge is 0.220 e. The van der Waals surface area contributed by atoms with Crippen LogP contribution in [0.2, 0.25) is 0 Å². The Bertz CT molecular complexity index is 1070. The van der Waals surface area contributed by atoms with Gasteiger partial charge in [0.05, 0.1) is 18.8 Å². The van der Waals surface area contributed by atoms with E-state index >= 15 is 0 Å². The summed E-state index contributed by atoms with van der Waals surface area (Å²) in [4.78, 5) is 12.4. The summed E-state index contributed by atoms with van der Waals surface area (Å²) < 4.78 is 0. The van der Waals surface area contributed by atoms with Crippen molar-refractivity contribution < 1.29 is 15.0 Å². The molecule has 4 nitrogen and oxygen atoms in total. The minimum atomic E-state index is -0.877. The van der Waals surface area contributed by atoms with Crippen molar-refractivity contribution in [3.05, 3.63) is 85.1 Å². The average Bonchev–Trinajstić information content (AvgIpc) is 3.24. The van der Waals surface area contributed by atoms with E-state index in [2.05, 4.69) is 92.1 Å². The van der Waals surface area contributed by atoms with E-state index in [0.717, 1.165) is 77.0 Å². The molecule has 0 aliphatic rings. The predicted molar refractivity (Wildman–Crippen MR) is 262 cm³/mol.